The number of benzene rings is 2. The Morgan fingerprint density at radius 3 is 2.91 bits per heavy atom. The Morgan fingerprint density at radius 2 is 2.17 bits per heavy atom. The molecular weight excluding hydrogens is 312 g/mol. The molecule has 6 heteroatoms. The molecule has 0 saturated carbocycles. The second-order valence-corrected chi connectivity index (χ2v) is 6.08. The van der Waals surface area contributed by atoms with Crippen molar-refractivity contribution in [3.63, 3.8) is 0 Å². The van der Waals surface area contributed by atoms with Gasteiger partial charge in [-0.3, -0.25) is 0 Å². The number of ether oxygens (including phenoxy) is 1. The van der Waals surface area contributed by atoms with Gasteiger partial charge in [-0.05, 0) is 41.8 Å². The minimum atomic E-state index is -0.155. The third-order valence-corrected chi connectivity index (χ3v) is 4.23. The van der Waals surface area contributed by atoms with Crippen LogP contribution in [0.4, 0.5) is 5.69 Å². The molecule has 1 atom stereocenters. The number of anilines is 1. The molecule has 0 amide bonds. The van der Waals surface area contributed by atoms with Crippen molar-refractivity contribution in [2.45, 2.75) is 13.0 Å². The molecule has 0 fully saturated rings. The van der Waals surface area contributed by atoms with Crippen LogP contribution < -0.4 is 9.64 Å². The molecule has 0 bridgehead atoms. The van der Waals surface area contributed by atoms with Gasteiger partial charge in [0.05, 0.1) is 18.8 Å². The first-order chi connectivity index (χ1) is 11.1. The number of halogens is 1. The van der Waals surface area contributed by atoms with Crippen LogP contribution in [0.2, 0.25) is 5.02 Å². The van der Waals surface area contributed by atoms with Crippen LogP contribution in [0.1, 0.15) is 5.56 Å². The van der Waals surface area contributed by atoms with Crippen molar-refractivity contribution >= 4 is 17.3 Å². The van der Waals surface area contributed by atoms with Crippen LogP contribution in [0, 0.1) is 6.92 Å². The lowest BCUT2D eigenvalue weighted by molar-refractivity contribution is 0.205. The largest absolute Gasteiger partial charge is 0.486 e. The molecule has 0 aromatic heterocycles. The van der Waals surface area contributed by atoms with E-state index in [9.17, 15) is 0 Å². The van der Waals surface area contributed by atoms with Gasteiger partial charge in [-0.15, -0.1) is 0 Å². The summed E-state index contributed by atoms with van der Waals surface area (Å²) in [6.45, 7) is 3.04. The Hall–Kier alpha value is -2.36. The third kappa shape index (κ3) is 3.07. The summed E-state index contributed by atoms with van der Waals surface area (Å²) in [5.41, 5.74) is 12.8. The smallest absolute Gasteiger partial charge is 0.150 e. The van der Waals surface area contributed by atoms with Gasteiger partial charge >= 0.3 is 0 Å². The highest BCUT2D eigenvalue weighted by atomic mass is 35.5. The van der Waals surface area contributed by atoms with Gasteiger partial charge in [0, 0.05) is 22.5 Å². The summed E-state index contributed by atoms with van der Waals surface area (Å²) in [6, 6.07) is 11.9. The highest BCUT2D eigenvalue weighted by molar-refractivity contribution is 6.30. The average Bonchev–Trinajstić information content (AvgIpc) is 2.53. The summed E-state index contributed by atoms with van der Waals surface area (Å²) in [5.74, 6) is 0.824. The van der Waals surface area contributed by atoms with E-state index in [0.29, 0.717) is 13.1 Å². The molecule has 2 aromatic carbocycles. The van der Waals surface area contributed by atoms with Crippen molar-refractivity contribution in [1.29, 1.82) is 0 Å². The van der Waals surface area contributed by atoms with Gasteiger partial charge < -0.3 is 9.64 Å². The van der Waals surface area contributed by atoms with Crippen molar-refractivity contribution in [2.75, 3.05) is 25.0 Å². The van der Waals surface area contributed by atoms with Gasteiger partial charge in [0.15, 0.2) is 5.75 Å². The van der Waals surface area contributed by atoms with E-state index < -0.39 is 0 Å². The van der Waals surface area contributed by atoms with Crippen LogP contribution in [-0.4, -0.2) is 26.2 Å². The number of rotatable bonds is 3. The predicted molar refractivity (Wildman–Crippen MR) is 93.3 cm³/mol. The first kappa shape index (κ1) is 15.5. The maximum atomic E-state index is 8.53. The van der Waals surface area contributed by atoms with E-state index in [2.05, 4.69) is 14.9 Å². The molecular formula is C17H17ClN4O. The van der Waals surface area contributed by atoms with Crippen LogP contribution in [-0.2, 0) is 0 Å². The van der Waals surface area contributed by atoms with Crippen molar-refractivity contribution in [1.82, 2.24) is 0 Å². The van der Waals surface area contributed by atoms with Crippen LogP contribution in [0.15, 0.2) is 41.5 Å². The summed E-state index contributed by atoms with van der Waals surface area (Å²) >= 11 is 6.07. The Balaban J connectivity index is 2.07. The zero-order valence-electron chi connectivity index (χ0n) is 13.0. The van der Waals surface area contributed by atoms with Gasteiger partial charge in [0.1, 0.15) is 6.10 Å². The molecule has 0 saturated heterocycles. The van der Waals surface area contributed by atoms with E-state index in [-0.39, 0.29) is 6.10 Å². The number of azide groups is 1. The van der Waals surface area contributed by atoms with Crippen molar-refractivity contribution in [3.8, 4) is 16.9 Å². The average molecular weight is 329 g/mol. The number of hydrogen-bond acceptors (Lipinski definition) is 3. The zero-order chi connectivity index (χ0) is 16.4. The standard InChI is InChI=1S/C17H17ClN4O/c1-11-8-12(18)6-7-14(11)15-4-3-5-16-17(15)23-13(9-20-21-19)10-22(16)2/h3-8,13H,9-10H2,1-2H3. The summed E-state index contributed by atoms with van der Waals surface area (Å²) in [5, 5.41) is 4.36. The molecule has 5 nitrogen and oxygen atoms in total. The number of fused-ring (bicyclic) bond motifs is 1. The van der Waals surface area contributed by atoms with Gasteiger partial charge in [-0.2, -0.15) is 0 Å². The number of hydrogen-bond donors (Lipinski definition) is 0. The van der Waals surface area contributed by atoms with Crippen molar-refractivity contribution in [2.24, 2.45) is 5.11 Å². The zero-order valence-corrected chi connectivity index (χ0v) is 13.8. The molecule has 1 aliphatic heterocycles. The van der Waals surface area contributed by atoms with Gasteiger partial charge in [-0.25, -0.2) is 0 Å². The Bertz CT molecular complexity index is 786. The predicted octanol–water partition coefficient (Wildman–Crippen LogP) is 4.82. The second kappa shape index (κ2) is 6.41. The molecule has 0 N–H and O–H groups in total. The summed E-state index contributed by atoms with van der Waals surface area (Å²) in [6.07, 6.45) is -0.155. The molecule has 0 aliphatic carbocycles. The summed E-state index contributed by atoms with van der Waals surface area (Å²) in [7, 11) is 2.02. The SMILES string of the molecule is Cc1cc(Cl)ccc1-c1cccc2c1OC(CN=[N+]=[N-])CN2C. The minimum Gasteiger partial charge on any atom is -0.486 e. The Kier molecular flexibility index (Phi) is 4.33. The van der Waals surface area contributed by atoms with Gasteiger partial charge in [-0.1, -0.05) is 34.9 Å². The minimum absolute atomic E-state index is 0.155. The van der Waals surface area contributed by atoms with Crippen LogP contribution in [0.25, 0.3) is 21.6 Å². The van der Waals surface area contributed by atoms with E-state index >= 15 is 0 Å². The maximum Gasteiger partial charge on any atom is 0.150 e. The van der Waals surface area contributed by atoms with Crippen molar-refractivity contribution in [3.05, 3.63) is 57.4 Å². The van der Waals surface area contributed by atoms with E-state index in [1.807, 2.05) is 50.4 Å². The van der Waals surface area contributed by atoms with Crippen LogP contribution >= 0.6 is 11.6 Å². The monoisotopic (exact) mass is 328 g/mol. The van der Waals surface area contributed by atoms with Crippen LogP contribution in [0.5, 0.6) is 5.75 Å². The van der Waals surface area contributed by atoms with E-state index in [1.165, 1.54) is 0 Å². The lowest BCUT2D eigenvalue weighted by atomic mass is 9.98. The first-order valence-electron chi connectivity index (χ1n) is 7.38. The quantitative estimate of drug-likeness (QED) is 0.460. The maximum absolute atomic E-state index is 8.53. The molecule has 1 aliphatic rings. The highest BCUT2D eigenvalue weighted by Crippen LogP contribution is 2.42. The number of para-hydroxylation sites is 1. The fourth-order valence-corrected chi connectivity index (χ4v) is 3.15. The molecule has 118 valence electrons. The normalized spacial score (nSPS) is 16.3. The van der Waals surface area contributed by atoms with E-state index in [0.717, 1.165) is 33.1 Å². The fraction of sp³-hybridized carbons (Fsp3) is 0.294. The first-order valence-corrected chi connectivity index (χ1v) is 7.76. The summed E-state index contributed by atoms with van der Waals surface area (Å²) in [4.78, 5) is 4.96. The van der Waals surface area contributed by atoms with Gasteiger partial charge in [0.2, 0.25) is 0 Å². The molecule has 3 rings (SSSR count). The lowest BCUT2D eigenvalue weighted by Crippen LogP contribution is -2.39. The molecule has 0 spiro atoms. The molecule has 2 aromatic rings. The molecule has 1 heterocycles. The Labute approximate surface area is 140 Å². The lowest BCUT2D eigenvalue weighted by Gasteiger charge is -2.34. The second-order valence-electron chi connectivity index (χ2n) is 5.65. The van der Waals surface area contributed by atoms with E-state index in [4.69, 9.17) is 21.9 Å². The van der Waals surface area contributed by atoms with Crippen molar-refractivity contribution < 1.29 is 4.74 Å². The van der Waals surface area contributed by atoms with Gasteiger partial charge in [0.25, 0.3) is 0 Å². The molecule has 0 radical (unpaired) electrons. The topological polar surface area (TPSA) is 61.2 Å². The fourth-order valence-electron chi connectivity index (χ4n) is 2.92. The molecule has 1 unspecified atom stereocenters. The number of nitrogens with zero attached hydrogens (tertiary/aromatic N) is 4. The summed E-state index contributed by atoms with van der Waals surface area (Å²) < 4.78 is 6.14. The Morgan fingerprint density at radius 1 is 1.35 bits per heavy atom. The van der Waals surface area contributed by atoms with E-state index in [1.54, 1.807) is 0 Å². The van der Waals surface area contributed by atoms with Crippen LogP contribution in [0.3, 0.4) is 0 Å². The number of likely N-dealkylation sites (N-methyl/N-ethyl adjacent to an activating group) is 1. The molecule has 23 heavy (non-hydrogen) atoms. The number of aryl methyl sites for hydroxylation is 1. The third-order valence-electron chi connectivity index (χ3n) is 3.99. The highest BCUT2D eigenvalue weighted by Gasteiger charge is 2.26.